The van der Waals surface area contributed by atoms with Crippen LogP contribution in [0.1, 0.15) is 34.5 Å². The number of anilines is 1. The number of benzene rings is 2. The van der Waals surface area contributed by atoms with Crippen molar-refractivity contribution in [1.82, 2.24) is 19.7 Å². The number of aryl methyl sites for hydroxylation is 1. The van der Waals surface area contributed by atoms with Gasteiger partial charge >= 0.3 is 0 Å². The number of likely N-dealkylation sites (tertiary alicyclic amines) is 1. The summed E-state index contributed by atoms with van der Waals surface area (Å²) in [6, 6.07) is 17.6. The van der Waals surface area contributed by atoms with Gasteiger partial charge in [-0.15, -0.1) is 0 Å². The minimum atomic E-state index is -0.540. The topological polar surface area (TPSA) is 81.5 Å². The third-order valence-electron chi connectivity index (χ3n) is 7.11. The van der Waals surface area contributed by atoms with Crippen LogP contribution in [0.15, 0.2) is 60.8 Å². The number of carbonyl (C=O) groups excluding carboxylic acids is 1. The number of nitrogens with one attached hydrogen (secondary N) is 1. The number of hydrogen-bond donors (Lipinski definition) is 1. The summed E-state index contributed by atoms with van der Waals surface area (Å²) in [7, 11) is 0. The second-order valence-electron chi connectivity index (χ2n) is 9.46. The van der Waals surface area contributed by atoms with E-state index in [0.717, 1.165) is 28.0 Å². The number of carbonyl (C=O) groups is 1. The number of piperidine rings is 1. The van der Waals surface area contributed by atoms with Gasteiger partial charge in [-0.05, 0) is 36.8 Å². The van der Waals surface area contributed by atoms with Crippen molar-refractivity contribution in [2.24, 2.45) is 0 Å². The van der Waals surface area contributed by atoms with Crippen molar-refractivity contribution in [3.8, 4) is 5.69 Å². The van der Waals surface area contributed by atoms with Crippen molar-refractivity contribution in [3.05, 3.63) is 82.6 Å². The summed E-state index contributed by atoms with van der Waals surface area (Å²) < 4.78 is 13.5. The number of ether oxygens (including phenoxy) is 2. The van der Waals surface area contributed by atoms with E-state index in [1.165, 1.54) is 0 Å². The van der Waals surface area contributed by atoms with Crippen molar-refractivity contribution in [2.45, 2.75) is 32.1 Å². The van der Waals surface area contributed by atoms with Gasteiger partial charge in [0, 0.05) is 43.7 Å². The average molecular weight is 518 g/mol. The highest BCUT2D eigenvalue weighted by Crippen LogP contribution is 2.35. The molecule has 1 amide bonds. The highest BCUT2D eigenvalue weighted by atomic mass is 35.5. The highest BCUT2D eigenvalue weighted by Gasteiger charge is 2.41. The molecule has 8 nitrogen and oxygen atoms in total. The number of halogens is 1. The van der Waals surface area contributed by atoms with Gasteiger partial charge < -0.3 is 19.7 Å². The Balaban J connectivity index is 1.37. The molecule has 2 aliphatic heterocycles. The van der Waals surface area contributed by atoms with E-state index in [4.69, 9.17) is 31.2 Å². The Hall–Kier alpha value is -3.46. The summed E-state index contributed by atoms with van der Waals surface area (Å²) in [5, 5.41) is 9.84. The molecule has 9 heteroatoms. The molecule has 2 aromatic carbocycles. The van der Waals surface area contributed by atoms with Crippen LogP contribution in [0.5, 0.6) is 0 Å². The number of fused-ring (bicyclic) bond motifs is 1. The molecule has 0 aliphatic carbocycles. The van der Waals surface area contributed by atoms with Gasteiger partial charge in [-0.3, -0.25) is 4.79 Å². The predicted octanol–water partition coefficient (Wildman–Crippen LogP) is 4.97. The molecule has 1 N–H and O–H groups in total. The normalized spacial score (nSPS) is 17.0. The minimum Gasteiger partial charge on any atom is -0.380 e. The largest absolute Gasteiger partial charge is 0.380 e. The van der Waals surface area contributed by atoms with Crippen molar-refractivity contribution in [2.75, 3.05) is 31.6 Å². The number of nitrogens with zero attached hydrogens (tertiary/aromatic N) is 4. The van der Waals surface area contributed by atoms with Gasteiger partial charge in [0.1, 0.15) is 0 Å². The Morgan fingerprint density at radius 2 is 1.76 bits per heavy atom. The predicted molar refractivity (Wildman–Crippen MR) is 142 cm³/mol. The van der Waals surface area contributed by atoms with E-state index in [2.05, 4.69) is 5.32 Å². The van der Waals surface area contributed by atoms with Crippen LogP contribution in [0.3, 0.4) is 0 Å². The molecule has 0 bridgehead atoms. The van der Waals surface area contributed by atoms with Crippen LogP contribution in [0, 0.1) is 6.92 Å². The number of hydrogen-bond acceptors (Lipinski definition) is 6. The van der Waals surface area contributed by atoms with E-state index in [9.17, 15) is 4.79 Å². The van der Waals surface area contributed by atoms with Crippen molar-refractivity contribution < 1.29 is 14.3 Å². The summed E-state index contributed by atoms with van der Waals surface area (Å²) in [5.74, 6) is -0.602. The molecule has 6 rings (SSSR count). The molecule has 4 aromatic rings. The third-order valence-corrected chi connectivity index (χ3v) is 7.36. The maximum absolute atomic E-state index is 13.8. The lowest BCUT2D eigenvalue weighted by Crippen LogP contribution is -2.47. The van der Waals surface area contributed by atoms with Gasteiger partial charge in [-0.25, -0.2) is 9.67 Å². The molecule has 2 aromatic heterocycles. The second-order valence-corrected chi connectivity index (χ2v) is 9.89. The summed E-state index contributed by atoms with van der Waals surface area (Å²) in [6.07, 6.45) is 2.99. The molecule has 0 saturated carbocycles. The van der Waals surface area contributed by atoms with Crippen LogP contribution >= 0.6 is 11.6 Å². The molecule has 0 atom stereocenters. The summed E-state index contributed by atoms with van der Waals surface area (Å²) in [6.45, 7) is 4.82. The van der Waals surface area contributed by atoms with Crippen LogP contribution in [0.4, 0.5) is 5.69 Å². The van der Waals surface area contributed by atoms with E-state index < -0.39 is 5.79 Å². The summed E-state index contributed by atoms with van der Waals surface area (Å²) in [5.41, 5.74) is 4.72. The highest BCUT2D eigenvalue weighted by molar-refractivity contribution is 6.30. The summed E-state index contributed by atoms with van der Waals surface area (Å²) in [4.78, 5) is 20.4. The zero-order chi connectivity index (χ0) is 25.4. The van der Waals surface area contributed by atoms with Crippen LogP contribution in [0.25, 0.3) is 16.7 Å². The molecule has 1 spiro atoms. The fourth-order valence-electron chi connectivity index (χ4n) is 5.15. The molecular weight excluding hydrogens is 490 g/mol. The Morgan fingerprint density at radius 3 is 2.46 bits per heavy atom. The van der Waals surface area contributed by atoms with E-state index >= 15 is 0 Å². The minimum absolute atomic E-state index is 0.0623. The molecule has 4 heterocycles. The lowest BCUT2D eigenvalue weighted by atomic mass is 10.0. The molecule has 37 heavy (non-hydrogen) atoms. The van der Waals surface area contributed by atoms with Gasteiger partial charge in [0.2, 0.25) is 0 Å². The molecular formula is C28H28ClN5O3. The lowest BCUT2D eigenvalue weighted by molar-refractivity contribution is -0.181. The number of rotatable bonds is 5. The third kappa shape index (κ3) is 4.56. The quantitative estimate of drug-likeness (QED) is 0.402. The number of amides is 1. The van der Waals surface area contributed by atoms with E-state index in [1.807, 2.05) is 71.1 Å². The number of aromatic nitrogens is 3. The summed E-state index contributed by atoms with van der Waals surface area (Å²) >= 11 is 6.08. The SMILES string of the molecule is Cc1nn(-c2ccccc2)c2ncc(C(=O)N3CCC4(CC3)OCCO4)c(NCc3ccc(Cl)cc3)c12. The van der Waals surface area contributed by atoms with Gasteiger partial charge in [-0.2, -0.15) is 5.10 Å². The number of pyridine rings is 1. The molecule has 0 radical (unpaired) electrons. The monoisotopic (exact) mass is 517 g/mol. The van der Waals surface area contributed by atoms with Crippen LogP contribution < -0.4 is 5.32 Å². The first kappa shape index (κ1) is 23.9. The molecule has 190 valence electrons. The maximum atomic E-state index is 13.8. The van der Waals surface area contributed by atoms with Crippen molar-refractivity contribution >= 4 is 34.2 Å². The first-order chi connectivity index (χ1) is 18.0. The van der Waals surface area contributed by atoms with Crippen LogP contribution in [-0.4, -0.2) is 57.7 Å². The average Bonchev–Trinajstić information content (AvgIpc) is 3.53. The first-order valence-electron chi connectivity index (χ1n) is 12.5. The molecule has 2 fully saturated rings. The first-order valence-corrected chi connectivity index (χ1v) is 12.9. The Kier molecular flexibility index (Phi) is 6.32. The van der Waals surface area contributed by atoms with E-state index in [-0.39, 0.29) is 5.91 Å². The Morgan fingerprint density at radius 1 is 1.05 bits per heavy atom. The Labute approximate surface area is 220 Å². The fourth-order valence-corrected chi connectivity index (χ4v) is 5.27. The standard InChI is InChI=1S/C28H28ClN5O3/c1-19-24-25(30-17-20-7-9-21(29)10-8-20)23(18-31-26(24)34(32-19)22-5-3-2-4-6-22)27(35)33-13-11-28(12-14-33)36-15-16-37-28/h2-10,18H,11-17H2,1H3,(H,30,31). The van der Waals surface area contributed by atoms with E-state index in [0.29, 0.717) is 61.9 Å². The fraction of sp³-hybridized carbons (Fsp3) is 0.321. The van der Waals surface area contributed by atoms with Gasteiger partial charge in [-0.1, -0.05) is 41.9 Å². The van der Waals surface area contributed by atoms with Crippen LogP contribution in [-0.2, 0) is 16.0 Å². The van der Waals surface area contributed by atoms with Crippen molar-refractivity contribution in [1.29, 1.82) is 0 Å². The van der Waals surface area contributed by atoms with Gasteiger partial charge in [0.15, 0.2) is 11.4 Å². The zero-order valence-corrected chi connectivity index (χ0v) is 21.4. The van der Waals surface area contributed by atoms with E-state index in [1.54, 1.807) is 6.20 Å². The second kappa shape index (κ2) is 9.78. The van der Waals surface area contributed by atoms with Crippen molar-refractivity contribution in [3.63, 3.8) is 0 Å². The molecule has 2 aliphatic rings. The maximum Gasteiger partial charge on any atom is 0.257 e. The van der Waals surface area contributed by atoms with Gasteiger partial charge in [0.25, 0.3) is 5.91 Å². The molecule has 2 saturated heterocycles. The molecule has 0 unspecified atom stereocenters. The lowest BCUT2D eigenvalue weighted by Gasteiger charge is -2.37. The zero-order valence-electron chi connectivity index (χ0n) is 20.6. The smallest absolute Gasteiger partial charge is 0.257 e. The van der Waals surface area contributed by atoms with Gasteiger partial charge in [0.05, 0.1) is 41.2 Å². The van der Waals surface area contributed by atoms with Crippen LogP contribution in [0.2, 0.25) is 5.02 Å². The Bertz CT molecular complexity index is 1420. The number of para-hydroxylation sites is 1.